The summed E-state index contributed by atoms with van der Waals surface area (Å²) >= 11 is 0. The smallest absolute Gasteiger partial charge is 0.119 e. The Bertz CT molecular complexity index is 995. The molecule has 0 saturated carbocycles. The highest BCUT2D eigenvalue weighted by atomic mass is 16.5. The fraction of sp³-hybridized carbons (Fsp3) is 0.400. The van der Waals surface area contributed by atoms with Crippen molar-refractivity contribution in [2.24, 2.45) is 11.8 Å². The quantitative estimate of drug-likeness (QED) is 0.321. The molecule has 0 radical (unpaired) electrons. The van der Waals surface area contributed by atoms with Gasteiger partial charge in [-0.1, -0.05) is 88.1 Å². The van der Waals surface area contributed by atoms with Crippen molar-refractivity contribution in [2.45, 2.75) is 60.3 Å². The van der Waals surface area contributed by atoms with Crippen molar-refractivity contribution in [1.29, 1.82) is 0 Å². The Kier molecular flexibility index (Phi) is 8.35. The molecule has 1 heteroatoms. The van der Waals surface area contributed by atoms with E-state index in [9.17, 15) is 0 Å². The van der Waals surface area contributed by atoms with Gasteiger partial charge in [0.05, 0.1) is 6.61 Å². The lowest BCUT2D eigenvalue weighted by molar-refractivity contribution is 0.276. The van der Waals surface area contributed by atoms with E-state index < -0.39 is 0 Å². The molecule has 0 heterocycles. The van der Waals surface area contributed by atoms with Gasteiger partial charge in [-0.25, -0.2) is 0 Å². The monoisotopic (exact) mass is 414 g/mol. The summed E-state index contributed by atoms with van der Waals surface area (Å²) < 4.78 is 6.05. The van der Waals surface area contributed by atoms with Crippen LogP contribution in [0.25, 0.3) is 28.0 Å². The van der Waals surface area contributed by atoms with Gasteiger partial charge in [-0.05, 0) is 83.8 Å². The number of allylic oxidation sites excluding steroid dienone is 1. The van der Waals surface area contributed by atoms with E-state index in [4.69, 9.17) is 4.74 Å². The van der Waals surface area contributed by atoms with Crippen molar-refractivity contribution >= 4 is 16.8 Å². The van der Waals surface area contributed by atoms with Gasteiger partial charge >= 0.3 is 0 Å². The molecule has 3 aromatic carbocycles. The molecular formula is C30H38O. The summed E-state index contributed by atoms with van der Waals surface area (Å²) in [4.78, 5) is 0. The van der Waals surface area contributed by atoms with E-state index in [1.165, 1.54) is 52.3 Å². The molecule has 0 bridgehead atoms. The van der Waals surface area contributed by atoms with Gasteiger partial charge in [-0.3, -0.25) is 0 Å². The number of hydrogen-bond acceptors (Lipinski definition) is 1. The van der Waals surface area contributed by atoms with E-state index in [0.717, 1.165) is 30.6 Å². The average molecular weight is 415 g/mol. The van der Waals surface area contributed by atoms with Crippen LogP contribution in [0.3, 0.4) is 0 Å². The molecule has 0 spiro atoms. The molecule has 0 aromatic heterocycles. The number of ether oxygens (including phenoxy) is 1. The lowest BCUT2D eigenvalue weighted by atomic mass is 9.94. The summed E-state index contributed by atoms with van der Waals surface area (Å²) in [5.41, 5.74) is 5.03. The van der Waals surface area contributed by atoms with Crippen LogP contribution in [0.15, 0.2) is 60.7 Å². The van der Waals surface area contributed by atoms with Gasteiger partial charge in [0.2, 0.25) is 0 Å². The van der Waals surface area contributed by atoms with Crippen LogP contribution in [-0.2, 0) is 0 Å². The minimum atomic E-state index is 0.724. The molecule has 0 saturated heterocycles. The maximum absolute atomic E-state index is 6.05. The fourth-order valence-corrected chi connectivity index (χ4v) is 4.15. The van der Waals surface area contributed by atoms with Gasteiger partial charge < -0.3 is 4.74 Å². The molecular weight excluding hydrogens is 376 g/mol. The molecule has 0 amide bonds. The van der Waals surface area contributed by atoms with E-state index >= 15 is 0 Å². The highest BCUT2D eigenvalue weighted by Gasteiger charge is 2.08. The van der Waals surface area contributed by atoms with Crippen LogP contribution in [0.1, 0.15) is 64.5 Å². The first-order valence-electron chi connectivity index (χ1n) is 11.9. The predicted octanol–water partition coefficient (Wildman–Crippen LogP) is 9.08. The Morgan fingerprint density at radius 3 is 2.35 bits per heavy atom. The number of hydrogen-bond donors (Lipinski definition) is 0. The van der Waals surface area contributed by atoms with Crippen LogP contribution < -0.4 is 4.74 Å². The summed E-state index contributed by atoms with van der Waals surface area (Å²) in [7, 11) is 0. The van der Waals surface area contributed by atoms with Gasteiger partial charge in [-0.15, -0.1) is 0 Å². The summed E-state index contributed by atoms with van der Waals surface area (Å²) in [6.07, 6.45) is 9.34. The maximum Gasteiger partial charge on any atom is 0.119 e. The van der Waals surface area contributed by atoms with Crippen LogP contribution in [0, 0.1) is 18.8 Å². The molecule has 3 aromatic rings. The number of benzene rings is 3. The summed E-state index contributed by atoms with van der Waals surface area (Å²) in [6.45, 7) is 12.0. The molecule has 1 unspecified atom stereocenters. The minimum absolute atomic E-state index is 0.724. The third kappa shape index (κ3) is 6.72. The molecule has 3 rings (SSSR count). The van der Waals surface area contributed by atoms with Crippen LogP contribution in [0.5, 0.6) is 5.75 Å². The Balaban J connectivity index is 1.68. The number of fused-ring (bicyclic) bond motifs is 1. The normalized spacial score (nSPS) is 12.7. The Morgan fingerprint density at radius 2 is 1.65 bits per heavy atom. The summed E-state index contributed by atoms with van der Waals surface area (Å²) in [5.74, 6) is 2.49. The second kappa shape index (κ2) is 11.2. The molecule has 1 nitrogen and oxygen atoms in total. The van der Waals surface area contributed by atoms with E-state index in [-0.39, 0.29) is 0 Å². The molecule has 0 N–H and O–H groups in total. The Morgan fingerprint density at radius 1 is 0.871 bits per heavy atom. The standard InChI is InChI=1S/C30H38O/c1-6-8-25-20-27-12-11-24(5)19-29(27)30(21-25)26-13-15-28(16-14-26)31-18-17-23(4)10-7-9-22(2)3/h6,8,11-16,19-23H,7,9-10,17-18H2,1-5H3/b8-6+. The third-order valence-corrected chi connectivity index (χ3v) is 6.01. The van der Waals surface area contributed by atoms with Gasteiger partial charge in [0.1, 0.15) is 5.75 Å². The van der Waals surface area contributed by atoms with Gasteiger partial charge in [0.15, 0.2) is 0 Å². The van der Waals surface area contributed by atoms with Crippen molar-refractivity contribution < 1.29 is 4.74 Å². The van der Waals surface area contributed by atoms with Crippen LogP contribution in [-0.4, -0.2) is 6.61 Å². The minimum Gasteiger partial charge on any atom is -0.494 e. The predicted molar refractivity (Wildman–Crippen MR) is 137 cm³/mol. The van der Waals surface area contributed by atoms with Crippen molar-refractivity contribution in [3.05, 3.63) is 71.8 Å². The highest BCUT2D eigenvalue weighted by molar-refractivity contribution is 5.98. The Labute approximate surface area is 189 Å². The first kappa shape index (κ1) is 23.1. The average Bonchev–Trinajstić information content (AvgIpc) is 2.74. The van der Waals surface area contributed by atoms with E-state index in [2.05, 4.69) is 101 Å². The summed E-state index contributed by atoms with van der Waals surface area (Å²) in [6, 6.07) is 19.9. The molecule has 0 aliphatic rings. The summed E-state index contributed by atoms with van der Waals surface area (Å²) in [5, 5.41) is 2.58. The molecule has 0 aliphatic heterocycles. The van der Waals surface area contributed by atoms with Crippen molar-refractivity contribution in [1.82, 2.24) is 0 Å². The zero-order chi connectivity index (χ0) is 22.2. The first-order chi connectivity index (χ1) is 15.0. The Hall–Kier alpha value is -2.54. The second-order valence-electron chi connectivity index (χ2n) is 9.38. The van der Waals surface area contributed by atoms with Gasteiger partial charge in [-0.2, -0.15) is 0 Å². The van der Waals surface area contributed by atoms with Crippen molar-refractivity contribution in [3.8, 4) is 16.9 Å². The molecule has 1 atom stereocenters. The maximum atomic E-state index is 6.05. The second-order valence-corrected chi connectivity index (χ2v) is 9.38. The topological polar surface area (TPSA) is 9.23 Å². The van der Waals surface area contributed by atoms with Gasteiger partial charge in [0.25, 0.3) is 0 Å². The SMILES string of the molecule is C/C=C/c1cc(-c2ccc(OCCC(C)CCCC(C)C)cc2)c2cc(C)ccc2c1. The van der Waals surface area contributed by atoms with Crippen LogP contribution in [0.2, 0.25) is 0 Å². The van der Waals surface area contributed by atoms with Gasteiger partial charge in [0, 0.05) is 0 Å². The molecule has 0 aliphatic carbocycles. The molecule has 0 fully saturated rings. The van der Waals surface area contributed by atoms with Crippen LogP contribution in [0.4, 0.5) is 0 Å². The molecule has 31 heavy (non-hydrogen) atoms. The van der Waals surface area contributed by atoms with E-state index in [1.54, 1.807) is 0 Å². The number of rotatable bonds is 10. The first-order valence-corrected chi connectivity index (χ1v) is 11.9. The van der Waals surface area contributed by atoms with E-state index in [1.807, 2.05) is 0 Å². The zero-order valence-electron chi connectivity index (χ0n) is 19.9. The lowest BCUT2D eigenvalue weighted by Crippen LogP contribution is -2.04. The third-order valence-electron chi connectivity index (χ3n) is 6.01. The largest absolute Gasteiger partial charge is 0.494 e. The molecule has 164 valence electrons. The lowest BCUT2D eigenvalue weighted by Gasteiger charge is -2.14. The van der Waals surface area contributed by atoms with Crippen molar-refractivity contribution in [3.63, 3.8) is 0 Å². The van der Waals surface area contributed by atoms with Crippen LogP contribution >= 0.6 is 0 Å². The fourth-order valence-electron chi connectivity index (χ4n) is 4.15. The van der Waals surface area contributed by atoms with E-state index in [0.29, 0.717) is 0 Å². The number of aryl methyl sites for hydroxylation is 1. The highest BCUT2D eigenvalue weighted by Crippen LogP contribution is 2.32. The van der Waals surface area contributed by atoms with Crippen molar-refractivity contribution in [2.75, 3.05) is 6.61 Å². The zero-order valence-corrected chi connectivity index (χ0v) is 19.9.